The molecule has 0 bridgehead atoms. The lowest BCUT2D eigenvalue weighted by molar-refractivity contribution is 0.0449. The molecule has 1 aromatic heterocycles. The first-order valence-electron chi connectivity index (χ1n) is 9.08. The molecule has 6 nitrogen and oxygen atoms in total. The molecule has 0 atom stereocenters. The van der Waals surface area contributed by atoms with Crippen molar-refractivity contribution < 1.29 is 23.7 Å². The molecule has 6 heteroatoms. The summed E-state index contributed by atoms with van der Waals surface area (Å²) in [6.07, 6.45) is 3.64. The van der Waals surface area contributed by atoms with Gasteiger partial charge in [0.2, 0.25) is 0 Å². The second kappa shape index (κ2) is 8.91. The molecule has 1 heterocycles. The van der Waals surface area contributed by atoms with Gasteiger partial charge in [-0.2, -0.15) is 0 Å². The van der Waals surface area contributed by atoms with Crippen molar-refractivity contribution in [2.45, 2.75) is 19.8 Å². The average molecular weight is 383 g/mol. The Bertz CT molecular complexity index is 928. The normalized spacial score (nSPS) is 11.2. The smallest absolute Gasteiger partial charge is 0.265 e. The van der Waals surface area contributed by atoms with E-state index < -0.39 is 0 Å². The zero-order valence-corrected chi connectivity index (χ0v) is 16.6. The molecular formula is C22H25NO5. The van der Waals surface area contributed by atoms with Crippen molar-refractivity contribution in [2.75, 3.05) is 27.8 Å². The van der Waals surface area contributed by atoms with Crippen LogP contribution in [0.5, 0.6) is 11.5 Å². The second-order valence-electron chi connectivity index (χ2n) is 6.74. The van der Waals surface area contributed by atoms with Crippen LogP contribution in [0.25, 0.3) is 10.8 Å². The highest BCUT2D eigenvalue weighted by molar-refractivity contribution is 6.01. The quantitative estimate of drug-likeness (QED) is 0.539. The van der Waals surface area contributed by atoms with E-state index in [1.807, 2.05) is 56.6 Å². The van der Waals surface area contributed by atoms with Gasteiger partial charge in [-0.05, 0) is 28.3 Å². The summed E-state index contributed by atoms with van der Waals surface area (Å²) in [5, 5.41) is 2.00. The second-order valence-corrected chi connectivity index (χ2v) is 6.74. The van der Waals surface area contributed by atoms with Crippen LogP contribution in [0.1, 0.15) is 35.7 Å². The number of rotatable bonds is 8. The third-order valence-corrected chi connectivity index (χ3v) is 4.42. The maximum absolute atomic E-state index is 13.3. The first-order valence-corrected chi connectivity index (χ1v) is 9.08. The van der Waals surface area contributed by atoms with Gasteiger partial charge < -0.3 is 18.9 Å². The van der Waals surface area contributed by atoms with Gasteiger partial charge in [-0.25, -0.2) is 0 Å². The van der Waals surface area contributed by atoms with Crippen LogP contribution in [-0.4, -0.2) is 38.3 Å². The summed E-state index contributed by atoms with van der Waals surface area (Å²) in [5.74, 6) is 0.999. The van der Waals surface area contributed by atoms with Crippen LogP contribution in [0.2, 0.25) is 0 Å². The summed E-state index contributed by atoms with van der Waals surface area (Å²) in [6.45, 7) is 4.23. The number of carbonyl (C=O) groups excluding carboxylic acids is 1. The molecule has 3 aromatic rings. The van der Waals surface area contributed by atoms with E-state index in [2.05, 4.69) is 0 Å². The summed E-state index contributed by atoms with van der Waals surface area (Å²) in [6, 6.07) is 11.4. The van der Waals surface area contributed by atoms with Crippen molar-refractivity contribution in [1.82, 2.24) is 4.57 Å². The van der Waals surface area contributed by atoms with E-state index in [1.54, 1.807) is 17.7 Å². The Morgan fingerprint density at radius 3 is 2.04 bits per heavy atom. The van der Waals surface area contributed by atoms with Gasteiger partial charge in [0, 0.05) is 32.7 Å². The molecule has 28 heavy (non-hydrogen) atoms. The SMILES string of the molecule is COCOc1cc(OCOC)c(C(C)C)cc1C(=O)n1cc2ccccc2c1. The van der Waals surface area contributed by atoms with Gasteiger partial charge in [0.1, 0.15) is 11.5 Å². The summed E-state index contributed by atoms with van der Waals surface area (Å²) >= 11 is 0. The Hall–Kier alpha value is -2.83. The number of nitrogens with zero attached hydrogens (tertiary/aromatic N) is 1. The zero-order valence-electron chi connectivity index (χ0n) is 16.6. The Labute approximate surface area is 164 Å². The fourth-order valence-electron chi connectivity index (χ4n) is 3.02. The highest BCUT2D eigenvalue weighted by atomic mass is 16.7. The molecule has 0 spiro atoms. The molecule has 148 valence electrons. The van der Waals surface area contributed by atoms with Crippen molar-refractivity contribution >= 4 is 16.7 Å². The van der Waals surface area contributed by atoms with Crippen molar-refractivity contribution in [3.8, 4) is 11.5 Å². The third kappa shape index (κ3) is 4.18. The fourth-order valence-corrected chi connectivity index (χ4v) is 3.02. The van der Waals surface area contributed by atoms with Gasteiger partial charge in [-0.15, -0.1) is 0 Å². The minimum absolute atomic E-state index is 0.0265. The van der Waals surface area contributed by atoms with Gasteiger partial charge in [-0.1, -0.05) is 38.1 Å². The van der Waals surface area contributed by atoms with Crippen LogP contribution in [0.3, 0.4) is 0 Å². The van der Waals surface area contributed by atoms with Crippen LogP contribution in [0.15, 0.2) is 48.8 Å². The molecule has 3 rings (SSSR count). The average Bonchev–Trinajstić information content (AvgIpc) is 3.14. The first-order chi connectivity index (χ1) is 13.5. The monoisotopic (exact) mass is 383 g/mol. The van der Waals surface area contributed by atoms with Crippen molar-refractivity contribution in [3.05, 3.63) is 59.9 Å². The van der Waals surface area contributed by atoms with Crippen LogP contribution < -0.4 is 9.47 Å². The van der Waals surface area contributed by atoms with E-state index in [1.165, 1.54) is 7.11 Å². The summed E-state index contributed by atoms with van der Waals surface area (Å²) in [4.78, 5) is 13.3. The molecule has 0 fully saturated rings. The number of ether oxygens (including phenoxy) is 4. The summed E-state index contributed by atoms with van der Waals surface area (Å²) < 4.78 is 23.0. The molecule has 0 saturated carbocycles. The van der Waals surface area contributed by atoms with E-state index in [9.17, 15) is 4.79 Å². The Balaban J connectivity index is 2.07. The minimum Gasteiger partial charge on any atom is -0.467 e. The standard InChI is InChI=1S/C22H25NO5/c1-15(2)18-9-19(21(28-14-26-4)10-20(18)27-13-25-3)22(24)23-11-16-7-5-6-8-17(16)12-23/h5-12,15H,13-14H2,1-4H3. The number of aromatic nitrogens is 1. The first kappa shape index (κ1) is 19.9. The lowest BCUT2D eigenvalue weighted by atomic mass is 9.98. The van der Waals surface area contributed by atoms with Crippen LogP contribution in [0, 0.1) is 0 Å². The van der Waals surface area contributed by atoms with Gasteiger partial charge in [0.15, 0.2) is 13.6 Å². The largest absolute Gasteiger partial charge is 0.467 e. The minimum atomic E-state index is -0.178. The Morgan fingerprint density at radius 2 is 1.50 bits per heavy atom. The van der Waals surface area contributed by atoms with Gasteiger partial charge in [-0.3, -0.25) is 9.36 Å². The number of hydrogen-bond donors (Lipinski definition) is 0. The molecular weight excluding hydrogens is 358 g/mol. The maximum atomic E-state index is 13.3. The number of carbonyl (C=O) groups is 1. The predicted molar refractivity (Wildman–Crippen MR) is 107 cm³/mol. The summed E-state index contributed by atoms with van der Waals surface area (Å²) in [7, 11) is 3.09. The molecule has 0 unspecified atom stereocenters. The van der Waals surface area contributed by atoms with Gasteiger partial charge in [0.25, 0.3) is 5.91 Å². The Morgan fingerprint density at radius 1 is 0.929 bits per heavy atom. The van der Waals surface area contributed by atoms with Crippen LogP contribution in [-0.2, 0) is 9.47 Å². The number of methoxy groups -OCH3 is 2. The van der Waals surface area contributed by atoms with E-state index in [0.29, 0.717) is 17.1 Å². The molecule has 2 aromatic carbocycles. The molecule has 0 amide bonds. The van der Waals surface area contributed by atoms with E-state index in [-0.39, 0.29) is 25.4 Å². The number of hydrogen-bond acceptors (Lipinski definition) is 5. The highest BCUT2D eigenvalue weighted by Gasteiger charge is 2.21. The number of fused-ring (bicyclic) bond motifs is 1. The highest BCUT2D eigenvalue weighted by Crippen LogP contribution is 2.35. The van der Waals surface area contributed by atoms with Crippen molar-refractivity contribution in [1.29, 1.82) is 0 Å². The van der Waals surface area contributed by atoms with E-state index in [4.69, 9.17) is 18.9 Å². The predicted octanol–water partition coefficient (Wildman–Crippen LogP) is 4.42. The molecule has 0 radical (unpaired) electrons. The van der Waals surface area contributed by atoms with Gasteiger partial charge in [0.05, 0.1) is 5.56 Å². The lowest BCUT2D eigenvalue weighted by Gasteiger charge is -2.18. The van der Waals surface area contributed by atoms with E-state index >= 15 is 0 Å². The van der Waals surface area contributed by atoms with Crippen molar-refractivity contribution in [3.63, 3.8) is 0 Å². The topological polar surface area (TPSA) is 58.9 Å². The van der Waals surface area contributed by atoms with Crippen LogP contribution >= 0.6 is 0 Å². The molecule has 0 saturated heterocycles. The van der Waals surface area contributed by atoms with Gasteiger partial charge >= 0.3 is 0 Å². The Kier molecular flexibility index (Phi) is 6.34. The fraction of sp³-hybridized carbons (Fsp3) is 0.318. The molecule has 0 aliphatic carbocycles. The number of benzene rings is 2. The molecule has 0 aliphatic heterocycles. The summed E-state index contributed by atoms with van der Waals surface area (Å²) in [5.41, 5.74) is 1.35. The molecule has 0 N–H and O–H groups in total. The molecule has 0 aliphatic rings. The van der Waals surface area contributed by atoms with Crippen molar-refractivity contribution in [2.24, 2.45) is 0 Å². The maximum Gasteiger partial charge on any atom is 0.265 e. The van der Waals surface area contributed by atoms with Crippen LogP contribution in [0.4, 0.5) is 0 Å². The third-order valence-electron chi connectivity index (χ3n) is 4.42. The van der Waals surface area contributed by atoms with E-state index in [0.717, 1.165) is 16.3 Å². The lowest BCUT2D eigenvalue weighted by Crippen LogP contribution is -2.14. The zero-order chi connectivity index (χ0) is 20.1.